The van der Waals surface area contributed by atoms with Gasteiger partial charge in [0.15, 0.2) is 11.5 Å². The third-order valence-corrected chi connectivity index (χ3v) is 2.58. The van der Waals surface area contributed by atoms with E-state index in [9.17, 15) is 9.59 Å². The van der Waals surface area contributed by atoms with E-state index in [2.05, 4.69) is 4.74 Å². The molecular formula is C13H14O5. The molecule has 1 heterocycles. The van der Waals surface area contributed by atoms with Gasteiger partial charge in [0.1, 0.15) is 12.4 Å². The van der Waals surface area contributed by atoms with Crippen LogP contribution in [0, 0.1) is 0 Å². The topological polar surface area (TPSA) is 61.8 Å². The first-order valence-corrected chi connectivity index (χ1v) is 5.60. The quantitative estimate of drug-likeness (QED) is 0.752. The molecule has 0 amide bonds. The lowest BCUT2D eigenvalue weighted by Gasteiger charge is -2.25. The number of Topliss-reactive ketones (excluding diaryl/α,β-unsaturated/α-hetero) is 1. The van der Waals surface area contributed by atoms with Gasteiger partial charge in [-0.05, 0) is 24.6 Å². The molecule has 0 aliphatic carbocycles. The molecule has 0 N–H and O–H groups in total. The van der Waals surface area contributed by atoms with Crippen molar-refractivity contribution in [3.63, 3.8) is 0 Å². The van der Waals surface area contributed by atoms with Crippen LogP contribution < -0.4 is 9.47 Å². The zero-order valence-electron chi connectivity index (χ0n) is 10.3. The first-order valence-electron chi connectivity index (χ1n) is 5.60. The maximum Gasteiger partial charge on any atom is 0.350 e. The predicted octanol–water partition coefficient (Wildman–Crippen LogP) is 1.13. The lowest BCUT2D eigenvalue weighted by molar-refractivity contribution is -0.151. The lowest BCUT2D eigenvalue weighted by Crippen LogP contribution is -2.37. The van der Waals surface area contributed by atoms with Crippen molar-refractivity contribution in [1.82, 2.24) is 0 Å². The summed E-state index contributed by atoms with van der Waals surface area (Å²) in [5.41, 5.74) is 0.862. The number of hydrogen-bond acceptors (Lipinski definition) is 5. The minimum Gasteiger partial charge on any atom is -0.485 e. The first kappa shape index (κ1) is 12.4. The van der Waals surface area contributed by atoms with Crippen molar-refractivity contribution in [1.29, 1.82) is 0 Å². The van der Waals surface area contributed by atoms with Crippen LogP contribution in [0.25, 0.3) is 0 Å². The monoisotopic (exact) mass is 250 g/mol. The number of hydrogen-bond donors (Lipinski definition) is 0. The smallest absolute Gasteiger partial charge is 0.350 e. The lowest BCUT2D eigenvalue weighted by atomic mass is 10.1. The van der Waals surface area contributed by atoms with Crippen LogP contribution in [0.4, 0.5) is 0 Å². The summed E-state index contributed by atoms with van der Waals surface area (Å²) in [6.07, 6.45) is -0.377. The fraction of sp³-hybridized carbons (Fsp3) is 0.385. The van der Waals surface area contributed by atoms with Gasteiger partial charge in [0.25, 0.3) is 0 Å². The van der Waals surface area contributed by atoms with Crippen molar-refractivity contribution >= 4 is 11.8 Å². The standard InChI is InChI=1S/C13H14O5/c1-8(14)5-9-3-4-10-11(6-9)17-7-12(18-10)13(15)16-2/h3-4,6,12H,5,7H2,1-2H3. The molecule has 1 aliphatic rings. The molecule has 1 aromatic carbocycles. The minimum absolute atomic E-state index is 0.0825. The number of fused-ring (bicyclic) bond motifs is 1. The fourth-order valence-electron chi connectivity index (χ4n) is 1.76. The molecule has 0 aromatic heterocycles. The molecule has 2 rings (SSSR count). The second kappa shape index (κ2) is 5.08. The van der Waals surface area contributed by atoms with Crippen LogP contribution in [0.15, 0.2) is 18.2 Å². The van der Waals surface area contributed by atoms with Crippen LogP contribution in [-0.2, 0) is 20.7 Å². The van der Waals surface area contributed by atoms with Crippen LogP contribution in [-0.4, -0.2) is 31.6 Å². The van der Waals surface area contributed by atoms with Crippen LogP contribution in [0.2, 0.25) is 0 Å². The van der Waals surface area contributed by atoms with Crippen molar-refractivity contribution in [3.05, 3.63) is 23.8 Å². The normalized spacial score (nSPS) is 17.1. The van der Waals surface area contributed by atoms with E-state index in [4.69, 9.17) is 9.47 Å². The van der Waals surface area contributed by atoms with Gasteiger partial charge in [-0.15, -0.1) is 0 Å². The first-order chi connectivity index (χ1) is 8.60. The summed E-state index contributed by atoms with van der Waals surface area (Å²) in [5.74, 6) is 0.658. The molecule has 0 radical (unpaired) electrons. The molecular weight excluding hydrogens is 236 g/mol. The number of rotatable bonds is 3. The number of benzene rings is 1. The van der Waals surface area contributed by atoms with Crippen molar-refractivity contribution < 1.29 is 23.8 Å². The Hall–Kier alpha value is -2.04. The molecule has 0 saturated carbocycles. The summed E-state index contributed by atoms with van der Waals surface area (Å²) in [6, 6.07) is 5.23. The third kappa shape index (κ3) is 2.61. The maximum absolute atomic E-state index is 11.3. The van der Waals surface area contributed by atoms with Gasteiger partial charge in [-0.3, -0.25) is 4.79 Å². The highest BCUT2D eigenvalue weighted by Crippen LogP contribution is 2.32. The summed E-state index contributed by atoms with van der Waals surface area (Å²) in [4.78, 5) is 22.3. The zero-order chi connectivity index (χ0) is 13.1. The number of ether oxygens (including phenoxy) is 3. The molecule has 1 aliphatic heterocycles. The highest BCUT2D eigenvalue weighted by molar-refractivity contribution is 5.78. The molecule has 0 saturated heterocycles. The summed E-state index contributed by atoms with van der Waals surface area (Å²) in [6.45, 7) is 1.65. The third-order valence-electron chi connectivity index (χ3n) is 2.58. The molecule has 1 aromatic rings. The Morgan fingerprint density at radius 3 is 2.83 bits per heavy atom. The molecule has 18 heavy (non-hydrogen) atoms. The predicted molar refractivity (Wildman–Crippen MR) is 62.8 cm³/mol. The average Bonchev–Trinajstić information content (AvgIpc) is 2.36. The fourth-order valence-corrected chi connectivity index (χ4v) is 1.76. The van der Waals surface area contributed by atoms with Gasteiger partial charge in [-0.1, -0.05) is 6.07 Å². The maximum atomic E-state index is 11.3. The van der Waals surface area contributed by atoms with E-state index in [1.807, 2.05) is 0 Å². The van der Waals surface area contributed by atoms with Gasteiger partial charge in [0.05, 0.1) is 7.11 Å². The molecule has 0 fully saturated rings. The van der Waals surface area contributed by atoms with Crippen LogP contribution in [0.5, 0.6) is 11.5 Å². The molecule has 96 valence electrons. The van der Waals surface area contributed by atoms with Gasteiger partial charge in [0, 0.05) is 6.42 Å². The van der Waals surface area contributed by atoms with E-state index in [-0.39, 0.29) is 12.4 Å². The van der Waals surface area contributed by atoms with Gasteiger partial charge in [-0.25, -0.2) is 4.79 Å². The molecule has 0 spiro atoms. The molecule has 1 unspecified atom stereocenters. The second-order valence-electron chi connectivity index (χ2n) is 4.10. The van der Waals surface area contributed by atoms with Gasteiger partial charge >= 0.3 is 5.97 Å². The average molecular weight is 250 g/mol. The second-order valence-corrected chi connectivity index (χ2v) is 4.10. The van der Waals surface area contributed by atoms with Crippen molar-refractivity contribution in [2.45, 2.75) is 19.4 Å². The van der Waals surface area contributed by atoms with E-state index in [1.54, 1.807) is 18.2 Å². The molecule has 5 heteroatoms. The highest BCUT2D eigenvalue weighted by atomic mass is 16.6. The summed E-state index contributed by atoms with van der Waals surface area (Å²) < 4.78 is 15.5. The minimum atomic E-state index is -0.735. The Morgan fingerprint density at radius 1 is 1.39 bits per heavy atom. The number of carbonyl (C=O) groups excluding carboxylic acids is 2. The van der Waals surface area contributed by atoms with E-state index < -0.39 is 12.1 Å². The highest BCUT2D eigenvalue weighted by Gasteiger charge is 2.28. The van der Waals surface area contributed by atoms with Crippen LogP contribution >= 0.6 is 0 Å². The molecule has 0 bridgehead atoms. The van der Waals surface area contributed by atoms with Crippen molar-refractivity contribution in [2.24, 2.45) is 0 Å². The van der Waals surface area contributed by atoms with Gasteiger partial charge in [0.2, 0.25) is 6.10 Å². The Labute approximate surface area is 105 Å². The van der Waals surface area contributed by atoms with Crippen LogP contribution in [0.1, 0.15) is 12.5 Å². The van der Waals surface area contributed by atoms with E-state index >= 15 is 0 Å². The van der Waals surface area contributed by atoms with E-state index in [0.717, 1.165) is 5.56 Å². The largest absolute Gasteiger partial charge is 0.485 e. The van der Waals surface area contributed by atoms with E-state index in [1.165, 1.54) is 14.0 Å². The van der Waals surface area contributed by atoms with Crippen molar-refractivity contribution in [3.8, 4) is 11.5 Å². The molecule has 1 atom stereocenters. The van der Waals surface area contributed by atoms with Crippen molar-refractivity contribution in [2.75, 3.05) is 13.7 Å². The van der Waals surface area contributed by atoms with E-state index in [0.29, 0.717) is 17.9 Å². The zero-order valence-corrected chi connectivity index (χ0v) is 10.3. The molecule has 5 nitrogen and oxygen atoms in total. The number of esters is 1. The van der Waals surface area contributed by atoms with Gasteiger partial charge in [-0.2, -0.15) is 0 Å². The Morgan fingerprint density at radius 2 is 2.17 bits per heavy atom. The summed E-state index contributed by atoms with van der Waals surface area (Å²) >= 11 is 0. The summed E-state index contributed by atoms with van der Waals surface area (Å²) in [7, 11) is 1.30. The SMILES string of the molecule is COC(=O)C1COc2cc(CC(C)=O)ccc2O1. The number of methoxy groups -OCH3 is 1. The Bertz CT molecular complexity index is 480. The summed E-state index contributed by atoms with van der Waals surface area (Å²) in [5, 5.41) is 0. The number of carbonyl (C=O) groups is 2. The Balaban J connectivity index is 2.15. The van der Waals surface area contributed by atoms with Crippen LogP contribution in [0.3, 0.4) is 0 Å². The van der Waals surface area contributed by atoms with Gasteiger partial charge < -0.3 is 14.2 Å². The Kier molecular flexibility index (Phi) is 3.50. The number of ketones is 1.